The Hall–Kier alpha value is -0.530. The summed E-state index contributed by atoms with van der Waals surface area (Å²) >= 11 is 0. The molecule has 1 rings (SSSR count). The minimum Gasteiger partial charge on any atom is -0.465 e. The Balaban J connectivity index is 2.35. The average molecular weight is 226 g/mol. The highest BCUT2D eigenvalue weighted by Gasteiger charge is 2.23. The number of carbonyl (C=O) groups is 1. The lowest BCUT2D eigenvalue weighted by Gasteiger charge is -2.29. The predicted molar refractivity (Wildman–Crippen MR) is 66.2 cm³/mol. The van der Waals surface area contributed by atoms with Crippen molar-refractivity contribution in [2.24, 2.45) is 11.8 Å². The Labute approximate surface area is 99.8 Å². The topological polar surface area (TPSA) is 26.3 Å². The molecule has 2 nitrogen and oxygen atoms in total. The molecule has 0 heterocycles. The fourth-order valence-electron chi connectivity index (χ4n) is 2.73. The van der Waals surface area contributed by atoms with E-state index in [0.29, 0.717) is 18.9 Å². The summed E-state index contributed by atoms with van der Waals surface area (Å²) in [6.07, 6.45) is 9.72. The van der Waals surface area contributed by atoms with Gasteiger partial charge in [-0.3, -0.25) is 4.79 Å². The van der Waals surface area contributed by atoms with E-state index in [-0.39, 0.29) is 5.97 Å². The molecule has 0 aromatic heterocycles. The van der Waals surface area contributed by atoms with E-state index in [1.165, 1.54) is 44.9 Å². The summed E-state index contributed by atoms with van der Waals surface area (Å²) in [7, 11) is 0. The fourth-order valence-corrected chi connectivity index (χ4v) is 2.73. The van der Waals surface area contributed by atoms with Crippen LogP contribution in [0.5, 0.6) is 0 Å². The van der Waals surface area contributed by atoms with E-state index >= 15 is 0 Å². The summed E-state index contributed by atoms with van der Waals surface area (Å²) < 4.78 is 5.32. The summed E-state index contributed by atoms with van der Waals surface area (Å²) in [6, 6.07) is 0. The van der Waals surface area contributed by atoms with Crippen LogP contribution in [-0.2, 0) is 9.53 Å². The highest BCUT2D eigenvalue weighted by atomic mass is 16.5. The van der Waals surface area contributed by atoms with Crippen LogP contribution in [0.2, 0.25) is 0 Å². The molecule has 1 unspecified atom stereocenters. The molecule has 0 spiro atoms. The van der Waals surface area contributed by atoms with E-state index in [4.69, 9.17) is 4.74 Å². The molecule has 0 radical (unpaired) electrons. The minimum atomic E-state index is -0.0445. The van der Waals surface area contributed by atoms with Gasteiger partial charge in [-0.05, 0) is 18.3 Å². The average Bonchev–Trinajstić information content (AvgIpc) is 2.35. The molecule has 94 valence electrons. The predicted octanol–water partition coefficient (Wildman–Crippen LogP) is 3.94. The number of rotatable bonds is 6. The monoisotopic (exact) mass is 226 g/mol. The summed E-state index contributed by atoms with van der Waals surface area (Å²) in [5, 5.41) is 0. The molecule has 1 aliphatic rings. The van der Waals surface area contributed by atoms with Gasteiger partial charge < -0.3 is 4.74 Å². The SMILES string of the molecule is CCCC(COC(=O)CC)C1CCCCC1. The molecular weight excluding hydrogens is 200 g/mol. The van der Waals surface area contributed by atoms with Crippen LogP contribution in [0.25, 0.3) is 0 Å². The van der Waals surface area contributed by atoms with Crippen molar-refractivity contribution < 1.29 is 9.53 Å². The van der Waals surface area contributed by atoms with Crippen molar-refractivity contribution in [1.82, 2.24) is 0 Å². The van der Waals surface area contributed by atoms with Gasteiger partial charge in [0.2, 0.25) is 0 Å². The zero-order valence-electron chi connectivity index (χ0n) is 10.8. The molecular formula is C14H26O2. The summed E-state index contributed by atoms with van der Waals surface area (Å²) in [5.41, 5.74) is 0. The van der Waals surface area contributed by atoms with Crippen LogP contribution in [0.4, 0.5) is 0 Å². The van der Waals surface area contributed by atoms with Crippen LogP contribution in [0.3, 0.4) is 0 Å². The van der Waals surface area contributed by atoms with E-state index in [1.807, 2.05) is 6.92 Å². The lowest BCUT2D eigenvalue weighted by atomic mass is 9.78. The first kappa shape index (κ1) is 13.5. The maximum atomic E-state index is 11.2. The van der Waals surface area contributed by atoms with Crippen LogP contribution in [0.1, 0.15) is 65.2 Å². The van der Waals surface area contributed by atoms with Crippen molar-refractivity contribution >= 4 is 5.97 Å². The molecule has 0 N–H and O–H groups in total. The number of carbonyl (C=O) groups excluding carboxylic acids is 1. The molecule has 1 fully saturated rings. The highest BCUT2D eigenvalue weighted by molar-refractivity contribution is 5.68. The third kappa shape index (κ3) is 4.54. The van der Waals surface area contributed by atoms with Gasteiger partial charge in [-0.15, -0.1) is 0 Å². The summed E-state index contributed by atoms with van der Waals surface area (Å²) in [4.78, 5) is 11.2. The maximum absolute atomic E-state index is 11.2. The smallest absolute Gasteiger partial charge is 0.305 e. The standard InChI is InChI=1S/C14H26O2/c1-3-8-13(11-16-14(15)4-2)12-9-6-5-7-10-12/h12-13H,3-11H2,1-2H3. The fraction of sp³-hybridized carbons (Fsp3) is 0.929. The van der Waals surface area contributed by atoms with Gasteiger partial charge in [-0.2, -0.15) is 0 Å². The third-order valence-corrected chi connectivity index (χ3v) is 3.72. The van der Waals surface area contributed by atoms with Gasteiger partial charge in [-0.25, -0.2) is 0 Å². The van der Waals surface area contributed by atoms with E-state index in [9.17, 15) is 4.79 Å². The van der Waals surface area contributed by atoms with E-state index in [1.54, 1.807) is 0 Å². The number of hydrogen-bond donors (Lipinski definition) is 0. The summed E-state index contributed by atoms with van der Waals surface area (Å²) in [6.45, 7) is 4.74. The second kappa shape index (κ2) is 7.70. The highest BCUT2D eigenvalue weighted by Crippen LogP contribution is 2.32. The summed E-state index contributed by atoms with van der Waals surface area (Å²) in [5.74, 6) is 1.37. The molecule has 1 aliphatic carbocycles. The van der Waals surface area contributed by atoms with Gasteiger partial charge in [0, 0.05) is 6.42 Å². The Morgan fingerprint density at radius 3 is 2.50 bits per heavy atom. The number of ether oxygens (including phenoxy) is 1. The van der Waals surface area contributed by atoms with Crippen molar-refractivity contribution in [3.8, 4) is 0 Å². The van der Waals surface area contributed by atoms with Gasteiger partial charge >= 0.3 is 5.97 Å². The Morgan fingerprint density at radius 2 is 1.94 bits per heavy atom. The van der Waals surface area contributed by atoms with Crippen molar-refractivity contribution in [1.29, 1.82) is 0 Å². The molecule has 0 saturated heterocycles. The molecule has 0 bridgehead atoms. The number of esters is 1. The van der Waals surface area contributed by atoms with Crippen LogP contribution in [0.15, 0.2) is 0 Å². The van der Waals surface area contributed by atoms with Crippen LogP contribution in [-0.4, -0.2) is 12.6 Å². The molecule has 0 aromatic rings. The Bertz CT molecular complexity index is 195. The lowest BCUT2D eigenvalue weighted by Crippen LogP contribution is -2.24. The Kier molecular flexibility index (Phi) is 6.51. The van der Waals surface area contributed by atoms with Crippen LogP contribution in [0, 0.1) is 11.8 Å². The molecule has 0 aliphatic heterocycles. The Morgan fingerprint density at radius 1 is 1.25 bits per heavy atom. The first-order chi connectivity index (χ1) is 7.77. The van der Waals surface area contributed by atoms with Crippen molar-refractivity contribution in [3.05, 3.63) is 0 Å². The van der Waals surface area contributed by atoms with Gasteiger partial charge in [0.05, 0.1) is 6.61 Å². The first-order valence-corrected chi connectivity index (χ1v) is 6.93. The van der Waals surface area contributed by atoms with Gasteiger partial charge in [0.1, 0.15) is 0 Å². The van der Waals surface area contributed by atoms with Crippen molar-refractivity contribution in [2.75, 3.05) is 6.61 Å². The molecule has 1 atom stereocenters. The molecule has 0 amide bonds. The number of hydrogen-bond acceptors (Lipinski definition) is 2. The zero-order valence-corrected chi connectivity index (χ0v) is 10.8. The van der Waals surface area contributed by atoms with E-state index < -0.39 is 0 Å². The molecule has 0 aromatic carbocycles. The second-order valence-corrected chi connectivity index (χ2v) is 4.98. The molecule has 1 saturated carbocycles. The minimum absolute atomic E-state index is 0.0445. The van der Waals surface area contributed by atoms with E-state index in [2.05, 4.69) is 6.92 Å². The van der Waals surface area contributed by atoms with Gasteiger partial charge in [-0.1, -0.05) is 52.4 Å². The zero-order chi connectivity index (χ0) is 11.8. The maximum Gasteiger partial charge on any atom is 0.305 e. The largest absolute Gasteiger partial charge is 0.465 e. The van der Waals surface area contributed by atoms with E-state index in [0.717, 1.165) is 5.92 Å². The van der Waals surface area contributed by atoms with Crippen molar-refractivity contribution in [2.45, 2.75) is 65.2 Å². The van der Waals surface area contributed by atoms with Crippen LogP contribution >= 0.6 is 0 Å². The second-order valence-electron chi connectivity index (χ2n) is 4.98. The quantitative estimate of drug-likeness (QED) is 0.641. The van der Waals surface area contributed by atoms with Gasteiger partial charge in [0.15, 0.2) is 0 Å². The van der Waals surface area contributed by atoms with Crippen molar-refractivity contribution in [3.63, 3.8) is 0 Å². The molecule has 16 heavy (non-hydrogen) atoms. The van der Waals surface area contributed by atoms with Gasteiger partial charge in [0.25, 0.3) is 0 Å². The normalized spacial score (nSPS) is 19.4. The molecule has 2 heteroatoms. The lowest BCUT2D eigenvalue weighted by molar-refractivity contribution is -0.145. The first-order valence-electron chi connectivity index (χ1n) is 6.93. The third-order valence-electron chi connectivity index (χ3n) is 3.72. The van der Waals surface area contributed by atoms with Crippen LogP contribution < -0.4 is 0 Å².